The molecular weight excluding hydrogens is 318 g/mol. The molecule has 2 atom stereocenters. The van der Waals surface area contributed by atoms with Crippen molar-refractivity contribution in [3.63, 3.8) is 0 Å². The molecule has 1 fully saturated rings. The van der Waals surface area contributed by atoms with Crippen molar-refractivity contribution in [2.75, 3.05) is 13.1 Å². The van der Waals surface area contributed by atoms with Gasteiger partial charge in [-0.2, -0.15) is 0 Å². The van der Waals surface area contributed by atoms with Crippen LogP contribution in [0.4, 0.5) is 0 Å². The first-order chi connectivity index (χ1) is 9.52. The second-order valence-electron chi connectivity index (χ2n) is 5.36. The molecule has 0 saturated carbocycles. The van der Waals surface area contributed by atoms with Crippen LogP contribution in [-0.2, 0) is 4.79 Å². The third kappa shape index (κ3) is 3.36. The van der Waals surface area contributed by atoms with Crippen LogP contribution < -0.4 is 0 Å². The number of nitrogens with zero attached hydrogens (tertiary/aromatic N) is 1. The maximum atomic E-state index is 12.5. The summed E-state index contributed by atoms with van der Waals surface area (Å²) >= 11 is 3.37. The summed E-state index contributed by atoms with van der Waals surface area (Å²) in [5.41, 5.74) is 0.727. The Balaban J connectivity index is 2.07. The number of ketones is 2. The van der Waals surface area contributed by atoms with Gasteiger partial charge in [0.15, 0.2) is 5.78 Å². The minimum Gasteiger partial charge on any atom is -0.299 e. The summed E-state index contributed by atoms with van der Waals surface area (Å²) in [6.45, 7) is 5.37. The summed E-state index contributed by atoms with van der Waals surface area (Å²) in [7, 11) is 0. The minimum absolute atomic E-state index is 0.0870. The number of hydrogen-bond donors (Lipinski definition) is 0. The molecule has 1 aliphatic rings. The molecule has 108 valence electrons. The number of Topliss-reactive ketones (excluding diaryl/α,β-unsaturated/α-hetero) is 2. The zero-order valence-corrected chi connectivity index (χ0v) is 13.5. The van der Waals surface area contributed by atoms with Crippen LogP contribution in [-0.4, -0.2) is 35.6 Å². The summed E-state index contributed by atoms with van der Waals surface area (Å²) in [5, 5.41) is 0. The molecule has 1 saturated heterocycles. The molecule has 0 amide bonds. The van der Waals surface area contributed by atoms with Crippen LogP contribution in [0.2, 0.25) is 0 Å². The highest BCUT2D eigenvalue weighted by Gasteiger charge is 2.31. The molecule has 0 aliphatic carbocycles. The molecule has 0 radical (unpaired) electrons. The van der Waals surface area contributed by atoms with Crippen LogP contribution in [0.1, 0.15) is 37.0 Å². The van der Waals surface area contributed by atoms with E-state index in [0.717, 1.165) is 16.5 Å². The number of carbonyl (C=O) groups is 2. The van der Waals surface area contributed by atoms with Gasteiger partial charge in [0, 0.05) is 35.5 Å². The van der Waals surface area contributed by atoms with Crippen molar-refractivity contribution in [3.05, 3.63) is 34.3 Å². The highest BCUT2D eigenvalue weighted by atomic mass is 79.9. The maximum Gasteiger partial charge on any atom is 0.179 e. The van der Waals surface area contributed by atoms with Crippen LogP contribution in [0.15, 0.2) is 28.7 Å². The average Bonchev–Trinajstić information content (AvgIpc) is 2.47. The Morgan fingerprint density at radius 1 is 1.40 bits per heavy atom. The molecule has 0 spiro atoms. The molecular formula is C16H20BrNO2. The molecule has 20 heavy (non-hydrogen) atoms. The van der Waals surface area contributed by atoms with E-state index >= 15 is 0 Å². The van der Waals surface area contributed by atoms with Crippen molar-refractivity contribution in [3.8, 4) is 0 Å². The Morgan fingerprint density at radius 2 is 2.05 bits per heavy atom. The van der Waals surface area contributed by atoms with E-state index < -0.39 is 0 Å². The number of piperidine rings is 1. The number of likely N-dealkylation sites (tertiary alicyclic amines) is 1. The number of rotatable bonds is 4. The van der Waals surface area contributed by atoms with Crippen molar-refractivity contribution >= 4 is 27.5 Å². The Kier molecular flexibility index (Phi) is 5.11. The van der Waals surface area contributed by atoms with E-state index in [4.69, 9.17) is 0 Å². The second kappa shape index (κ2) is 6.64. The first-order valence-corrected chi connectivity index (χ1v) is 7.88. The second-order valence-corrected chi connectivity index (χ2v) is 6.28. The zero-order chi connectivity index (χ0) is 14.7. The predicted octanol–water partition coefficient (Wildman–Crippen LogP) is 3.32. The SMILES string of the molecule is CCC1CN(C(C)C(=O)c2ccc(Br)cc2)CCC1=O. The van der Waals surface area contributed by atoms with E-state index in [1.807, 2.05) is 38.1 Å². The van der Waals surface area contributed by atoms with Gasteiger partial charge in [0.05, 0.1) is 6.04 Å². The third-order valence-electron chi connectivity index (χ3n) is 4.10. The highest BCUT2D eigenvalue weighted by Crippen LogP contribution is 2.20. The zero-order valence-electron chi connectivity index (χ0n) is 11.9. The molecule has 1 heterocycles. The number of halogens is 1. The van der Waals surface area contributed by atoms with Crippen LogP contribution in [0.25, 0.3) is 0 Å². The summed E-state index contributed by atoms with van der Waals surface area (Å²) < 4.78 is 0.969. The van der Waals surface area contributed by atoms with Crippen LogP contribution in [0.3, 0.4) is 0 Å². The summed E-state index contributed by atoms with van der Waals surface area (Å²) in [4.78, 5) is 26.4. The number of hydrogen-bond acceptors (Lipinski definition) is 3. The van der Waals surface area contributed by atoms with Crippen LogP contribution in [0, 0.1) is 5.92 Å². The lowest BCUT2D eigenvalue weighted by Gasteiger charge is -2.35. The van der Waals surface area contributed by atoms with Gasteiger partial charge in [-0.25, -0.2) is 0 Å². The molecule has 4 heteroatoms. The van der Waals surface area contributed by atoms with Gasteiger partial charge in [-0.3, -0.25) is 14.5 Å². The normalized spacial score (nSPS) is 21.8. The molecule has 1 aliphatic heterocycles. The molecule has 1 aromatic rings. The van der Waals surface area contributed by atoms with Crippen molar-refractivity contribution in [2.45, 2.75) is 32.7 Å². The molecule has 0 aromatic heterocycles. The molecule has 0 bridgehead atoms. The van der Waals surface area contributed by atoms with Crippen LogP contribution in [0.5, 0.6) is 0 Å². The standard InChI is InChI=1S/C16H20BrNO2/c1-3-12-10-18(9-8-15(12)19)11(2)16(20)13-4-6-14(17)7-5-13/h4-7,11-12H,3,8-10H2,1-2H3. The highest BCUT2D eigenvalue weighted by molar-refractivity contribution is 9.10. The van der Waals surface area contributed by atoms with E-state index in [9.17, 15) is 9.59 Å². The smallest absolute Gasteiger partial charge is 0.179 e. The fourth-order valence-corrected chi connectivity index (χ4v) is 2.93. The van der Waals surface area contributed by atoms with E-state index in [0.29, 0.717) is 25.3 Å². The van der Waals surface area contributed by atoms with Crippen molar-refractivity contribution in [1.29, 1.82) is 0 Å². The summed E-state index contributed by atoms with van der Waals surface area (Å²) in [5.74, 6) is 0.553. The van der Waals surface area contributed by atoms with Gasteiger partial charge < -0.3 is 0 Å². The lowest BCUT2D eigenvalue weighted by molar-refractivity contribution is -0.126. The Labute approximate surface area is 128 Å². The average molecular weight is 338 g/mol. The number of benzene rings is 1. The van der Waals surface area contributed by atoms with Gasteiger partial charge in [-0.15, -0.1) is 0 Å². The summed E-state index contributed by atoms with van der Waals surface area (Å²) in [6.07, 6.45) is 1.42. The van der Waals surface area contributed by atoms with Crippen molar-refractivity contribution in [1.82, 2.24) is 4.90 Å². The molecule has 2 unspecified atom stereocenters. The van der Waals surface area contributed by atoms with E-state index in [1.54, 1.807) is 0 Å². The molecule has 0 N–H and O–H groups in total. The Hall–Kier alpha value is -1.00. The number of carbonyl (C=O) groups excluding carboxylic acids is 2. The van der Waals surface area contributed by atoms with Crippen molar-refractivity contribution < 1.29 is 9.59 Å². The lowest BCUT2D eigenvalue weighted by Crippen LogP contribution is -2.48. The quantitative estimate of drug-likeness (QED) is 0.791. The maximum absolute atomic E-state index is 12.5. The van der Waals surface area contributed by atoms with Gasteiger partial charge in [0.1, 0.15) is 5.78 Å². The van der Waals surface area contributed by atoms with E-state index in [-0.39, 0.29) is 17.7 Å². The van der Waals surface area contributed by atoms with E-state index in [2.05, 4.69) is 20.8 Å². The largest absolute Gasteiger partial charge is 0.299 e. The van der Waals surface area contributed by atoms with Gasteiger partial charge in [0.2, 0.25) is 0 Å². The van der Waals surface area contributed by atoms with Gasteiger partial charge in [-0.1, -0.05) is 35.0 Å². The van der Waals surface area contributed by atoms with Crippen LogP contribution >= 0.6 is 15.9 Å². The first kappa shape index (κ1) is 15.4. The first-order valence-electron chi connectivity index (χ1n) is 7.09. The predicted molar refractivity (Wildman–Crippen MR) is 82.9 cm³/mol. The van der Waals surface area contributed by atoms with Gasteiger partial charge in [-0.05, 0) is 25.5 Å². The lowest BCUT2D eigenvalue weighted by atomic mass is 9.92. The molecule has 2 rings (SSSR count). The Bertz CT molecular complexity index is 498. The van der Waals surface area contributed by atoms with E-state index in [1.165, 1.54) is 0 Å². The molecule has 3 nitrogen and oxygen atoms in total. The molecule has 1 aromatic carbocycles. The monoisotopic (exact) mass is 337 g/mol. The summed E-state index contributed by atoms with van der Waals surface area (Å²) in [6, 6.07) is 7.28. The van der Waals surface area contributed by atoms with Gasteiger partial charge >= 0.3 is 0 Å². The topological polar surface area (TPSA) is 37.4 Å². The fraction of sp³-hybridized carbons (Fsp3) is 0.500. The third-order valence-corrected chi connectivity index (χ3v) is 4.63. The minimum atomic E-state index is -0.168. The van der Waals surface area contributed by atoms with Gasteiger partial charge in [0.25, 0.3) is 0 Å². The fourth-order valence-electron chi connectivity index (χ4n) is 2.66. The Morgan fingerprint density at radius 3 is 2.65 bits per heavy atom. The van der Waals surface area contributed by atoms with Crippen molar-refractivity contribution in [2.24, 2.45) is 5.92 Å².